The van der Waals surface area contributed by atoms with Crippen LogP contribution in [0.3, 0.4) is 0 Å². The second-order valence-electron chi connectivity index (χ2n) is 16.1. The first-order valence-electron chi connectivity index (χ1n) is 22.1. The Kier molecular flexibility index (Phi) is 10.9. The Balaban J connectivity index is 0.973. The molecule has 0 atom stereocenters. The van der Waals surface area contributed by atoms with Gasteiger partial charge in [-0.05, 0) is 68.8 Å². The summed E-state index contributed by atoms with van der Waals surface area (Å²) >= 11 is 0. The van der Waals surface area contributed by atoms with Crippen molar-refractivity contribution in [3.05, 3.63) is 249 Å². The molecule has 0 amide bonds. The maximum Gasteiger partial charge on any atom is 0.164 e. The van der Waals surface area contributed by atoms with Gasteiger partial charge in [0.25, 0.3) is 0 Å². The van der Waals surface area contributed by atoms with Crippen molar-refractivity contribution in [3.8, 4) is 113 Å². The molecule has 2 aromatic heterocycles. The lowest BCUT2D eigenvalue weighted by molar-refractivity contribution is 1.07. The van der Waals surface area contributed by atoms with Crippen LogP contribution in [0.4, 0.5) is 0 Å². The summed E-state index contributed by atoms with van der Waals surface area (Å²) in [6, 6.07) is 85.9. The molecule has 2 heterocycles. The number of aromatic nitrogens is 5. The Hall–Kier alpha value is -8.93. The Morgan fingerprint density at radius 1 is 0.152 bits per heavy atom. The minimum absolute atomic E-state index is 0.595. The maximum atomic E-state index is 5.22. The fourth-order valence-electron chi connectivity index (χ4n) is 8.29. The van der Waals surface area contributed by atoms with E-state index in [1.807, 2.05) is 36.4 Å². The molecule has 11 rings (SSSR count). The van der Waals surface area contributed by atoms with Crippen LogP contribution in [0.15, 0.2) is 249 Å². The second kappa shape index (κ2) is 18.0. The topological polar surface area (TPSA) is 64.5 Å². The Labute approximate surface area is 384 Å². The van der Waals surface area contributed by atoms with E-state index in [1.54, 1.807) is 0 Å². The van der Waals surface area contributed by atoms with E-state index in [1.165, 1.54) is 0 Å². The van der Waals surface area contributed by atoms with Gasteiger partial charge in [-0.15, -0.1) is 0 Å². The van der Waals surface area contributed by atoms with Gasteiger partial charge in [0.15, 0.2) is 23.3 Å². The van der Waals surface area contributed by atoms with Crippen molar-refractivity contribution in [2.24, 2.45) is 0 Å². The Morgan fingerprint density at radius 2 is 0.409 bits per heavy atom. The largest absolute Gasteiger partial charge is 0.228 e. The van der Waals surface area contributed by atoms with E-state index in [4.69, 9.17) is 24.9 Å². The van der Waals surface area contributed by atoms with E-state index >= 15 is 0 Å². The molecule has 0 saturated heterocycles. The first kappa shape index (κ1) is 39.9. The molecule has 0 unspecified atom stereocenters. The molecule has 11 aromatic rings. The number of rotatable bonds is 10. The van der Waals surface area contributed by atoms with Crippen LogP contribution in [-0.2, 0) is 0 Å². The lowest BCUT2D eigenvalue weighted by Gasteiger charge is -2.12. The van der Waals surface area contributed by atoms with Gasteiger partial charge in [-0.1, -0.05) is 224 Å². The van der Waals surface area contributed by atoms with Crippen LogP contribution in [0.2, 0.25) is 0 Å². The fourth-order valence-corrected chi connectivity index (χ4v) is 8.29. The highest BCUT2D eigenvalue weighted by Gasteiger charge is 2.16. The van der Waals surface area contributed by atoms with Gasteiger partial charge in [-0.3, -0.25) is 0 Å². The molecule has 0 aliphatic heterocycles. The van der Waals surface area contributed by atoms with Crippen LogP contribution in [0.25, 0.3) is 113 Å². The van der Waals surface area contributed by atoms with Crippen LogP contribution in [0, 0.1) is 0 Å². The molecule has 0 N–H and O–H groups in total. The summed E-state index contributed by atoms with van der Waals surface area (Å²) in [6.45, 7) is 0. The molecular weight excluding hydrogens is 803 g/mol. The lowest BCUT2D eigenvalue weighted by atomic mass is 9.98. The van der Waals surface area contributed by atoms with Crippen molar-refractivity contribution < 1.29 is 0 Å². The summed E-state index contributed by atoms with van der Waals surface area (Å²) in [5, 5.41) is 0. The van der Waals surface area contributed by atoms with Crippen molar-refractivity contribution in [2.45, 2.75) is 0 Å². The average Bonchev–Trinajstić information content (AvgIpc) is 3.42. The third-order valence-electron chi connectivity index (χ3n) is 11.8. The quantitative estimate of drug-likeness (QED) is 0.137. The smallest absolute Gasteiger partial charge is 0.164 e. The molecule has 0 aliphatic rings. The van der Waals surface area contributed by atoms with Crippen LogP contribution in [-0.4, -0.2) is 24.9 Å². The van der Waals surface area contributed by atoms with Crippen molar-refractivity contribution >= 4 is 0 Å². The summed E-state index contributed by atoms with van der Waals surface area (Å²) in [5.41, 5.74) is 16.3. The molecule has 0 saturated carbocycles. The number of hydrogen-bond acceptors (Lipinski definition) is 5. The van der Waals surface area contributed by atoms with Crippen LogP contribution < -0.4 is 0 Å². The fraction of sp³-hybridized carbons (Fsp3) is 0. The van der Waals surface area contributed by atoms with E-state index in [0.717, 1.165) is 89.3 Å². The minimum atomic E-state index is 0.595. The van der Waals surface area contributed by atoms with Gasteiger partial charge in [0.1, 0.15) is 0 Å². The molecule has 66 heavy (non-hydrogen) atoms. The Bertz CT molecular complexity index is 3330. The molecule has 310 valence electrons. The Morgan fingerprint density at radius 3 is 0.848 bits per heavy atom. The number of benzene rings is 9. The molecule has 0 bridgehead atoms. The van der Waals surface area contributed by atoms with E-state index in [-0.39, 0.29) is 0 Å². The monoisotopic (exact) mass is 843 g/mol. The predicted octanol–water partition coefficient (Wildman–Crippen LogP) is 15.3. The summed E-state index contributed by atoms with van der Waals surface area (Å²) in [7, 11) is 0. The third kappa shape index (κ3) is 8.57. The van der Waals surface area contributed by atoms with Gasteiger partial charge < -0.3 is 0 Å². The second-order valence-corrected chi connectivity index (χ2v) is 16.1. The van der Waals surface area contributed by atoms with E-state index in [0.29, 0.717) is 23.3 Å². The first-order valence-corrected chi connectivity index (χ1v) is 22.1. The third-order valence-corrected chi connectivity index (χ3v) is 11.8. The zero-order valence-electron chi connectivity index (χ0n) is 35.9. The van der Waals surface area contributed by atoms with Gasteiger partial charge in [0.2, 0.25) is 0 Å². The molecule has 0 aliphatic carbocycles. The van der Waals surface area contributed by atoms with Gasteiger partial charge in [-0.2, -0.15) is 0 Å². The summed E-state index contributed by atoms with van der Waals surface area (Å²) in [6.07, 6.45) is 0. The summed E-state index contributed by atoms with van der Waals surface area (Å²) < 4.78 is 0. The van der Waals surface area contributed by atoms with Crippen molar-refractivity contribution in [3.63, 3.8) is 0 Å². The first-order chi connectivity index (χ1) is 32.7. The number of nitrogens with zero attached hydrogens (tertiary/aromatic N) is 5. The van der Waals surface area contributed by atoms with E-state index in [9.17, 15) is 0 Å². The van der Waals surface area contributed by atoms with Gasteiger partial charge in [-0.25, -0.2) is 24.9 Å². The molecular formula is C61H41N5. The molecule has 5 heteroatoms. The van der Waals surface area contributed by atoms with E-state index in [2.05, 4.69) is 212 Å². The zero-order valence-corrected chi connectivity index (χ0v) is 35.9. The number of hydrogen-bond donors (Lipinski definition) is 0. The minimum Gasteiger partial charge on any atom is -0.228 e. The molecule has 9 aromatic carbocycles. The molecule has 5 nitrogen and oxygen atoms in total. The van der Waals surface area contributed by atoms with Gasteiger partial charge in [0.05, 0.1) is 11.4 Å². The normalized spacial score (nSPS) is 11.0. The SMILES string of the molecule is c1ccc(-c2ccc(-c3nc(-c4ccc(-c5ccccc5)cc4)nc(-c4cccc(-c5cccc(-c6cc(-c7ccccc7)nc(-c7cccc(-c8ccccc8)c7)n6)c5)c4)n3)cc2)cc1. The van der Waals surface area contributed by atoms with Crippen molar-refractivity contribution in [1.29, 1.82) is 0 Å². The van der Waals surface area contributed by atoms with E-state index < -0.39 is 0 Å². The van der Waals surface area contributed by atoms with Gasteiger partial charge >= 0.3 is 0 Å². The van der Waals surface area contributed by atoms with Crippen molar-refractivity contribution in [2.75, 3.05) is 0 Å². The van der Waals surface area contributed by atoms with Crippen LogP contribution >= 0.6 is 0 Å². The lowest BCUT2D eigenvalue weighted by Crippen LogP contribution is -2.00. The highest BCUT2D eigenvalue weighted by atomic mass is 15.0. The predicted molar refractivity (Wildman–Crippen MR) is 270 cm³/mol. The highest BCUT2D eigenvalue weighted by molar-refractivity contribution is 5.79. The molecule has 0 fully saturated rings. The standard InChI is InChI=1S/C61H41N5/c1-5-16-42(17-6-1)45-30-34-48(35-31-45)58-64-59(49-36-32-46(33-37-49)43-18-7-2-8-19-43)66-61(65-58)55-29-15-26-52(40-55)51-25-13-27-53(38-51)57-41-56(47-22-11-4-12-23-47)62-60(63-57)54-28-14-24-50(39-54)44-20-9-3-10-21-44/h1-41H. The summed E-state index contributed by atoms with van der Waals surface area (Å²) in [5.74, 6) is 2.48. The zero-order chi connectivity index (χ0) is 44.1. The molecule has 0 spiro atoms. The maximum absolute atomic E-state index is 5.22. The van der Waals surface area contributed by atoms with Gasteiger partial charge in [0, 0.05) is 33.4 Å². The van der Waals surface area contributed by atoms with Crippen molar-refractivity contribution in [1.82, 2.24) is 24.9 Å². The van der Waals surface area contributed by atoms with Crippen LogP contribution in [0.5, 0.6) is 0 Å². The summed E-state index contributed by atoms with van der Waals surface area (Å²) in [4.78, 5) is 25.7. The highest BCUT2D eigenvalue weighted by Crippen LogP contribution is 2.34. The van der Waals surface area contributed by atoms with Crippen LogP contribution in [0.1, 0.15) is 0 Å². The molecule has 0 radical (unpaired) electrons. The average molecular weight is 844 g/mol.